The first-order valence-corrected chi connectivity index (χ1v) is 8.55. The van der Waals surface area contributed by atoms with Crippen molar-refractivity contribution < 1.29 is 14.3 Å². The lowest BCUT2D eigenvalue weighted by Crippen LogP contribution is -2.67. The summed E-state index contributed by atoms with van der Waals surface area (Å²) < 4.78 is 11.6. The monoisotopic (exact) mass is 310 g/mol. The van der Waals surface area contributed by atoms with Gasteiger partial charge in [-0.15, -0.1) is 0 Å². The van der Waals surface area contributed by atoms with E-state index >= 15 is 0 Å². The average Bonchev–Trinajstić information content (AvgIpc) is 2.83. The van der Waals surface area contributed by atoms with Crippen LogP contribution in [0.1, 0.15) is 34.1 Å². The smallest absolute Gasteiger partial charge is 0.236 e. The molecule has 3 fully saturated rings. The molecule has 0 bridgehead atoms. The number of nitrogens with zero attached hydrogens (tertiary/aromatic N) is 2. The van der Waals surface area contributed by atoms with Gasteiger partial charge in [-0.1, -0.05) is 13.8 Å². The Bertz CT molecular complexity index is 430. The molecule has 5 atom stereocenters. The molecule has 5 heteroatoms. The number of hydrogen-bond donors (Lipinski definition) is 0. The van der Waals surface area contributed by atoms with Crippen LogP contribution in [-0.2, 0) is 14.3 Å². The Morgan fingerprint density at radius 3 is 2.55 bits per heavy atom. The van der Waals surface area contributed by atoms with Gasteiger partial charge in [-0.3, -0.25) is 9.69 Å². The maximum Gasteiger partial charge on any atom is 0.236 e. The maximum absolute atomic E-state index is 12.6. The van der Waals surface area contributed by atoms with E-state index in [1.54, 1.807) is 0 Å². The van der Waals surface area contributed by atoms with Gasteiger partial charge in [0, 0.05) is 37.1 Å². The van der Waals surface area contributed by atoms with E-state index in [9.17, 15) is 4.79 Å². The highest BCUT2D eigenvalue weighted by Crippen LogP contribution is 2.54. The molecule has 0 unspecified atom stereocenters. The molecular weight excluding hydrogens is 280 g/mol. The van der Waals surface area contributed by atoms with E-state index in [0.29, 0.717) is 37.7 Å². The lowest BCUT2D eigenvalue weighted by Gasteiger charge is -2.58. The van der Waals surface area contributed by atoms with Gasteiger partial charge in [0.1, 0.15) is 0 Å². The second-order valence-corrected chi connectivity index (χ2v) is 7.98. The van der Waals surface area contributed by atoms with E-state index < -0.39 is 0 Å². The molecule has 126 valence electrons. The van der Waals surface area contributed by atoms with Crippen LogP contribution in [0, 0.1) is 11.3 Å². The van der Waals surface area contributed by atoms with Gasteiger partial charge in [0.15, 0.2) is 0 Å². The summed E-state index contributed by atoms with van der Waals surface area (Å²) in [5.74, 6) is 0.818. The molecule has 1 saturated carbocycles. The SMILES string of the molecule is C[C@@H]1CN(C(=O)CN(C)[C@@H]2[C@@H]3CCO[C@@H]3C2(C)C)C[C@@H](C)O1. The van der Waals surface area contributed by atoms with Crippen molar-refractivity contribution in [3.63, 3.8) is 0 Å². The number of amides is 1. The van der Waals surface area contributed by atoms with Crippen molar-refractivity contribution in [2.24, 2.45) is 11.3 Å². The number of carbonyl (C=O) groups is 1. The average molecular weight is 310 g/mol. The summed E-state index contributed by atoms with van der Waals surface area (Å²) in [4.78, 5) is 16.9. The van der Waals surface area contributed by atoms with Crippen molar-refractivity contribution in [3.05, 3.63) is 0 Å². The van der Waals surface area contributed by atoms with Gasteiger partial charge < -0.3 is 14.4 Å². The Morgan fingerprint density at radius 2 is 1.91 bits per heavy atom. The highest BCUT2D eigenvalue weighted by molar-refractivity contribution is 5.78. The first-order chi connectivity index (χ1) is 10.3. The molecule has 2 saturated heterocycles. The largest absolute Gasteiger partial charge is 0.377 e. The number of hydrogen-bond acceptors (Lipinski definition) is 4. The van der Waals surface area contributed by atoms with Crippen LogP contribution in [0.25, 0.3) is 0 Å². The number of carbonyl (C=O) groups excluding carboxylic acids is 1. The maximum atomic E-state index is 12.6. The minimum Gasteiger partial charge on any atom is -0.377 e. The van der Waals surface area contributed by atoms with E-state index in [1.807, 2.05) is 18.7 Å². The van der Waals surface area contributed by atoms with E-state index in [4.69, 9.17) is 9.47 Å². The Balaban J connectivity index is 1.59. The van der Waals surface area contributed by atoms with Crippen LogP contribution in [0.3, 0.4) is 0 Å². The zero-order valence-electron chi connectivity index (χ0n) is 14.5. The van der Waals surface area contributed by atoms with Gasteiger partial charge >= 0.3 is 0 Å². The third-order valence-electron chi connectivity index (χ3n) is 5.67. The molecule has 2 aliphatic heterocycles. The summed E-state index contributed by atoms with van der Waals surface area (Å²) in [7, 11) is 2.09. The number of fused-ring (bicyclic) bond motifs is 1. The highest BCUT2D eigenvalue weighted by atomic mass is 16.5. The molecule has 2 heterocycles. The quantitative estimate of drug-likeness (QED) is 0.789. The molecule has 0 aromatic heterocycles. The molecule has 3 aliphatic rings. The number of likely N-dealkylation sites (N-methyl/N-ethyl adjacent to an activating group) is 1. The zero-order valence-corrected chi connectivity index (χ0v) is 14.5. The second-order valence-electron chi connectivity index (χ2n) is 7.98. The Hall–Kier alpha value is -0.650. The van der Waals surface area contributed by atoms with Crippen LogP contribution in [0.15, 0.2) is 0 Å². The summed E-state index contributed by atoms with van der Waals surface area (Å²) in [5.41, 5.74) is 0.141. The van der Waals surface area contributed by atoms with Crippen LogP contribution < -0.4 is 0 Å². The van der Waals surface area contributed by atoms with Crippen molar-refractivity contribution in [1.82, 2.24) is 9.80 Å². The van der Waals surface area contributed by atoms with Gasteiger partial charge in [0.25, 0.3) is 0 Å². The van der Waals surface area contributed by atoms with Crippen LogP contribution in [0.4, 0.5) is 0 Å². The Morgan fingerprint density at radius 1 is 1.27 bits per heavy atom. The topological polar surface area (TPSA) is 42.0 Å². The fourth-order valence-corrected chi connectivity index (χ4v) is 4.99. The molecule has 0 aromatic rings. The summed E-state index contributed by atoms with van der Waals surface area (Å²) in [5, 5.41) is 0. The van der Waals surface area contributed by atoms with E-state index in [0.717, 1.165) is 13.0 Å². The van der Waals surface area contributed by atoms with E-state index in [1.165, 1.54) is 0 Å². The second kappa shape index (κ2) is 5.77. The molecule has 1 amide bonds. The molecule has 0 radical (unpaired) electrons. The molecule has 22 heavy (non-hydrogen) atoms. The van der Waals surface area contributed by atoms with Crippen LogP contribution in [-0.4, -0.2) is 73.3 Å². The van der Waals surface area contributed by atoms with Crippen LogP contribution >= 0.6 is 0 Å². The summed E-state index contributed by atoms with van der Waals surface area (Å²) >= 11 is 0. The number of morpholine rings is 1. The van der Waals surface area contributed by atoms with Crippen molar-refractivity contribution in [2.75, 3.05) is 33.3 Å². The molecular formula is C17H30N2O3. The van der Waals surface area contributed by atoms with E-state index in [2.05, 4.69) is 25.8 Å². The third kappa shape index (κ3) is 2.68. The van der Waals surface area contributed by atoms with Gasteiger partial charge in [-0.25, -0.2) is 0 Å². The number of ether oxygens (including phenoxy) is 2. The molecule has 3 rings (SSSR count). The Labute approximate surface area is 133 Å². The van der Waals surface area contributed by atoms with Crippen LogP contribution in [0.5, 0.6) is 0 Å². The van der Waals surface area contributed by atoms with Gasteiger partial charge in [0.2, 0.25) is 5.91 Å². The first kappa shape index (κ1) is 16.2. The lowest BCUT2D eigenvalue weighted by molar-refractivity contribution is -0.162. The first-order valence-electron chi connectivity index (χ1n) is 8.55. The van der Waals surface area contributed by atoms with Crippen molar-refractivity contribution in [1.29, 1.82) is 0 Å². The minimum absolute atomic E-state index is 0.130. The van der Waals surface area contributed by atoms with Gasteiger partial charge in [0.05, 0.1) is 24.9 Å². The normalized spacial score (nSPS) is 40.5. The Kier molecular flexibility index (Phi) is 4.25. The summed E-state index contributed by atoms with van der Waals surface area (Å²) in [6.07, 6.45) is 1.76. The lowest BCUT2D eigenvalue weighted by atomic mass is 9.57. The molecule has 0 spiro atoms. The van der Waals surface area contributed by atoms with Crippen molar-refractivity contribution >= 4 is 5.91 Å². The number of rotatable bonds is 3. The van der Waals surface area contributed by atoms with E-state index in [-0.39, 0.29) is 23.5 Å². The van der Waals surface area contributed by atoms with Crippen molar-refractivity contribution in [2.45, 2.75) is 58.5 Å². The fourth-order valence-electron chi connectivity index (χ4n) is 4.99. The molecule has 0 aromatic carbocycles. The zero-order chi connectivity index (χ0) is 16.1. The van der Waals surface area contributed by atoms with Gasteiger partial charge in [-0.05, 0) is 27.3 Å². The molecule has 0 N–H and O–H groups in total. The summed E-state index contributed by atoms with van der Waals surface area (Å²) in [6, 6.07) is 0.444. The standard InChI is InChI=1S/C17H30N2O3/c1-11-8-19(9-12(2)22-11)14(20)10-18(5)15-13-6-7-21-16(13)17(15,3)4/h11-13,15-16H,6-10H2,1-5H3/t11-,12-,13+,15-,16+/m1/s1. The summed E-state index contributed by atoms with van der Waals surface area (Å²) in [6.45, 7) is 11.4. The van der Waals surface area contributed by atoms with Gasteiger partial charge in [-0.2, -0.15) is 0 Å². The predicted molar refractivity (Wildman–Crippen MR) is 84.6 cm³/mol. The predicted octanol–water partition coefficient (Wildman–Crippen LogP) is 1.37. The van der Waals surface area contributed by atoms with Crippen molar-refractivity contribution in [3.8, 4) is 0 Å². The minimum atomic E-state index is 0.130. The molecule has 1 aliphatic carbocycles. The highest BCUT2D eigenvalue weighted by Gasteiger charge is 2.60. The molecule has 5 nitrogen and oxygen atoms in total. The third-order valence-corrected chi connectivity index (χ3v) is 5.67. The van der Waals surface area contributed by atoms with Crippen LogP contribution in [0.2, 0.25) is 0 Å². The fraction of sp³-hybridized carbons (Fsp3) is 0.941.